The van der Waals surface area contributed by atoms with Crippen LogP contribution in [0.5, 0.6) is 0 Å². The summed E-state index contributed by atoms with van der Waals surface area (Å²) in [4.78, 5) is 8.09. The molecule has 0 saturated carbocycles. The van der Waals surface area contributed by atoms with Crippen molar-refractivity contribution in [2.75, 3.05) is 5.84 Å². The summed E-state index contributed by atoms with van der Waals surface area (Å²) in [6.45, 7) is 0. The molecule has 3 heterocycles. The zero-order valence-electron chi connectivity index (χ0n) is 14.7. The lowest BCUT2D eigenvalue weighted by Gasteiger charge is -2.16. The molecule has 4 aromatic rings. The van der Waals surface area contributed by atoms with Gasteiger partial charge in [0.25, 0.3) is 0 Å². The molecule has 6 nitrogen and oxygen atoms in total. The molecular formula is C20H16F2N6. The summed E-state index contributed by atoms with van der Waals surface area (Å²) in [6.07, 6.45) is 8.93. The number of benzene rings is 1. The van der Waals surface area contributed by atoms with E-state index in [0.29, 0.717) is 17.3 Å². The van der Waals surface area contributed by atoms with E-state index in [9.17, 15) is 0 Å². The Balaban J connectivity index is 1.61. The number of hydrogen-bond acceptors (Lipinski definition) is 5. The Morgan fingerprint density at radius 3 is 2.68 bits per heavy atom. The van der Waals surface area contributed by atoms with Gasteiger partial charge in [0, 0.05) is 29.5 Å². The van der Waals surface area contributed by atoms with Crippen LogP contribution in [0, 0.1) is 0 Å². The lowest BCUT2D eigenvalue weighted by Crippen LogP contribution is -2.26. The molecule has 0 spiro atoms. The summed E-state index contributed by atoms with van der Waals surface area (Å²) in [5.74, 6) is 1.98. The van der Waals surface area contributed by atoms with Crippen LogP contribution in [-0.2, 0) is 12.3 Å². The topological polar surface area (TPSA) is 82.5 Å². The summed E-state index contributed by atoms with van der Waals surface area (Å²) >= 11 is 0. The molecule has 0 amide bonds. The number of nitrogen functional groups attached to an aromatic ring is 1. The van der Waals surface area contributed by atoms with Gasteiger partial charge in [-0.05, 0) is 48.4 Å². The van der Waals surface area contributed by atoms with E-state index >= 15 is 8.78 Å². The molecule has 2 N–H and O–H groups in total. The number of nitrogens with zero attached hydrogens (tertiary/aromatic N) is 5. The van der Waals surface area contributed by atoms with Crippen LogP contribution in [0.2, 0.25) is 0 Å². The number of halogens is 2. The van der Waals surface area contributed by atoms with Gasteiger partial charge in [-0.25, -0.2) is 4.68 Å². The van der Waals surface area contributed by atoms with E-state index in [-0.39, 0.29) is 11.4 Å². The average molecular weight is 378 g/mol. The second-order valence-electron chi connectivity index (χ2n) is 6.20. The lowest BCUT2D eigenvalue weighted by atomic mass is 10.0. The zero-order chi connectivity index (χ0) is 19.6. The van der Waals surface area contributed by atoms with Crippen molar-refractivity contribution in [1.82, 2.24) is 24.8 Å². The molecule has 0 atom stereocenters. The summed E-state index contributed by atoms with van der Waals surface area (Å²) in [5.41, 5.74) is 1.44. The first kappa shape index (κ1) is 17.7. The molecule has 0 unspecified atom stereocenters. The first-order chi connectivity index (χ1) is 13.6. The van der Waals surface area contributed by atoms with Gasteiger partial charge in [0.2, 0.25) is 5.82 Å². The fourth-order valence-electron chi connectivity index (χ4n) is 2.85. The highest BCUT2D eigenvalue weighted by Crippen LogP contribution is 2.35. The van der Waals surface area contributed by atoms with Crippen LogP contribution in [0.4, 0.5) is 8.78 Å². The van der Waals surface area contributed by atoms with Crippen LogP contribution in [0.1, 0.15) is 22.8 Å². The Morgan fingerprint density at radius 2 is 1.86 bits per heavy atom. The predicted molar refractivity (Wildman–Crippen MR) is 102 cm³/mol. The van der Waals surface area contributed by atoms with Crippen molar-refractivity contribution in [3.05, 3.63) is 89.9 Å². The first-order valence-corrected chi connectivity index (χ1v) is 8.55. The normalized spacial score (nSPS) is 12.1. The van der Waals surface area contributed by atoms with Crippen LogP contribution in [-0.4, -0.2) is 24.8 Å². The molecule has 0 aliphatic carbocycles. The predicted octanol–water partition coefficient (Wildman–Crippen LogP) is 3.33. The Morgan fingerprint density at radius 1 is 1.04 bits per heavy atom. The maximum atomic E-state index is 15.0. The summed E-state index contributed by atoms with van der Waals surface area (Å²) in [6, 6.07) is 11.4. The molecule has 8 heteroatoms. The van der Waals surface area contributed by atoms with Crippen molar-refractivity contribution in [3.63, 3.8) is 0 Å². The standard InChI is InChI=1S/C20H16F2N6/c21-20(22,16-6-7-17-15(13-16)4-2-10-25-17)19-27-26-18(28(19)23)5-1-3-14-8-11-24-12-9-14/h1-2,4-13H,3,23H2/b5-1-. The molecule has 0 aliphatic heterocycles. The number of pyridine rings is 2. The summed E-state index contributed by atoms with van der Waals surface area (Å²) in [5, 5.41) is 8.04. The SMILES string of the molecule is Nn1c(/C=C\Cc2ccncc2)nnc1C(F)(F)c1ccc2ncccc2c1. The molecule has 3 aromatic heterocycles. The Labute approximate surface area is 159 Å². The lowest BCUT2D eigenvalue weighted by molar-refractivity contribution is 0.0303. The van der Waals surface area contributed by atoms with E-state index in [0.717, 1.165) is 10.2 Å². The van der Waals surface area contributed by atoms with Gasteiger partial charge in [0.1, 0.15) is 0 Å². The highest BCUT2D eigenvalue weighted by molar-refractivity contribution is 5.79. The highest BCUT2D eigenvalue weighted by Gasteiger charge is 2.40. The second kappa shape index (κ2) is 7.15. The van der Waals surface area contributed by atoms with Crippen molar-refractivity contribution in [3.8, 4) is 0 Å². The third kappa shape index (κ3) is 3.32. The number of nitrogens with two attached hydrogens (primary N) is 1. The monoisotopic (exact) mass is 378 g/mol. The Kier molecular flexibility index (Phi) is 4.52. The molecule has 0 aliphatic rings. The van der Waals surface area contributed by atoms with Gasteiger partial charge >= 0.3 is 5.92 Å². The number of allylic oxidation sites excluding steroid dienone is 1. The number of rotatable bonds is 5. The van der Waals surface area contributed by atoms with Gasteiger partial charge in [-0.2, -0.15) is 8.78 Å². The van der Waals surface area contributed by atoms with Gasteiger partial charge in [-0.1, -0.05) is 18.2 Å². The quantitative estimate of drug-likeness (QED) is 0.539. The Hall–Kier alpha value is -3.68. The van der Waals surface area contributed by atoms with E-state index in [4.69, 9.17) is 5.84 Å². The minimum absolute atomic E-state index is 0.145. The van der Waals surface area contributed by atoms with Gasteiger partial charge < -0.3 is 5.84 Å². The van der Waals surface area contributed by atoms with Gasteiger partial charge in [0.15, 0.2) is 5.82 Å². The average Bonchev–Trinajstić information content (AvgIpc) is 3.09. The minimum atomic E-state index is -3.40. The molecule has 140 valence electrons. The molecule has 4 rings (SSSR count). The molecule has 28 heavy (non-hydrogen) atoms. The zero-order valence-corrected chi connectivity index (χ0v) is 14.7. The second-order valence-corrected chi connectivity index (χ2v) is 6.20. The maximum Gasteiger partial charge on any atom is 0.333 e. The molecule has 0 radical (unpaired) electrons. The smallest absolute Gasteiger partial charge is 0.333 e. The summed E-state index contributed by atoms with van der Waals surface area (Å²) in [7, 11) is 0. The van der Waals surface area contributed by atoms with E-state index in [1.807, 2.05) is 12.1 Å². The third-order valence-corrected chi connectivity index (χ3v) is 4.34. The minimum Gasteiger partial charge on any atom is -0.336 e. The summed E-state index contributed by atoms with van der Waals surface area (Å²) < 4.78 is 30.9. The van der Waals surface area contributed by atoms with E-state index in [1.165, 1.54) is 12.1 Å². The maximum absolute atomic E-state index is 15.0. The highest BCUT2D eigenvalue weighted by atomic mass is 19.3. The van der Waals surface area contributed by atoms with Crippen LogP contribution in [0.25, 0.3) is 17.0 Å². The van der Waals surface area contributed by atoms with Crippen LogP contribution in [0.3, 0.4) is 0 Å². The third-order valence-electron chi connectivity index (χ3n) is 4.34. The van der Waals surface area contributed by atoms with Crippen molar-refractivity contribution < 1.29 is 8.78 Å². The Bertz CT molecular complexity index is 1140. The first-order valence-electron chi connectivity index (χ1n) is 8.55. The van der Waals surface area contributed by atoms with E-state index in [1.54, 1.807) is 48.9 Å². The fourth-order valence-corrected chi connectivity index (χ4v) is 2.85. The van der Waals surface area contributed by atoms with Crippen molar-refractivity contribution in [1.29, 1.82) is 0 Å². The number of hydrogen-bond donors (Lipinski definition) is 1. The number of aromatic nitrogens is 5. The van der Waals surface area contributed by atoms with Gasteiger partial charge in [-0.3, -0.25) is 9.97 Å². The molecular weight excluding hydrogens is 362 g/mol. The molecule has 0 bridgehead atoms. The number of fused-ring (bicyclic) bond motifs is 1. The van der Waals surface area contributed by atoms with E-state index < -0.39 is 11.7 Å². The van der Waals surface area contributed by atoms with Crippen LogP contribution < -0.4 is 5.84 Å². The van der Waals surface area contributed by atoms with Crippen LogP contribution in [0.15, 0.2) is 67.1 Å². The fraction of sp³-hybridized carbons (Fsp3) is 0.100. The molecule has 0 fully saturated rings. The van der Waals surface area contributed by atoms with Crippen molar-refractivity contribution >= 4 is 17.0 Å². The molecule has 0 saturated heterocycles. The van der Waals surface area contributed by atoms with Crippen molar-refractivity contribution in [2.24, 2.45) is 0 Å². The van der Waals surface area contributed by atoms with Crippen molar-refractivity contribution in [2.45, 2.75) is 12.3 Å². The largest absolute Gasteiger partial charge is 0.336 e. The van der Waals surface area contributed by atoms with E-state index in [2.05, 4.69) is 20.2 Å². The molecule has 1 aromatic carbocycles. The van der Waals surface area contributed by atoms with Crippen LogP contribution >= 0.6 is 0 Å². The van der Waals surface area contributed by atoms with Gasteiger partial charge in [0.05, 0.1) is 5.52 Å². The van der Waals surface area contributed by atoms with Gasteiger partial charge in [-0.15, -0.1) is 10.2 Å². The number of alkyl halides is 2.